The number of hydrogen-bond acceptors (Lipinski definition) is 14. The molecule has 1 saturated carbocycles. The summed E-state index contributed by atoms with van der Waals surface area (Å²) >= 11 is 14.0. The first kappa shape index (κ1) is 45.0. The van der Waals surface area contributed by atoms with Gasteiger partial charge in [-0.15, -0.1) is 11.8 Å². The van der Waals surface area contributed by atoms with E-state index >= 15 is 0 Å². The monoisotopic (exact) mass is 897 g/mol. The van der Waals surface area contributed by atoms with Gasteiger partial charge in [0.15, 0.2) is 21.4 Å². The Morgan fingerprint density at radius 3 is 2.43 bits per heavy atom. The largest absolute Gasteiger partial charge is 0.480 e. The molecule has 0 amide bonds. The lowest BCUT2D eigenvalue weighted by Gasteiger charge is -2.15. The average molecular weight is 899 g/mol. The minimum absolute atomic E-state index is 0.0605. The number of aliphatic carboxylic acids is 1. The van der Waals surface area contributed by atoms with E-state index in [-0.39, 0.29) is 42.7 Å². The van der Waals surface area contributed by atoms with Gasteiger partial charge < -0.3 is 24.2 Å². The van der Waals surface area contributed by atoms with Crippen molar-refractivity contribution in [2.24, 2.45) is 4.99 Å². The van der Waals surface area contributed by atoms with E-state index in [1.807, 2.05) is 0 Å². The average Bonchev–Trinajstić information content (AvgIpc) is 3.76. The third kappa shape index (κ3) is 12.9. The van der Waals surface area contributed by atoms with Gasteiger partial charge in [0.05, 0.1) is 47.4 Å². The summed E-state index contributed by atoms with van der Waals surface area (Å²) in [5.41, 5.74) is 0.496. The first-order valence-corrected chi connectivity index (χ1v) is 22.5. The van der Waals surface area contributed by atoms with Crippen molar-refractivity contribution in [3.8, 4) is 0 Å². The molecule has 1 fully saturated rings. The van der Waals surface area contributed by atoms with Crippen LogP contribution in [0.25, 0.3) is 0 Å². The van der Waals surface area contributed by atoms with Crippen LogP contribution in [0.4, 0.5) is 10.1 Å². The number of nitrogens with one attached hydrogen (secondary N) is 1. The summed E-state index contributed by atoms with van der Waals surface area (Å²) in [4.78, 5) is 67.2. The van der Waals surface area contributed by atoms with Gasteiger partial charge in [0.25, 0.3) is 0 Å². The number of methoxy groups -OCH3 is 1. The molecule has 17 nitrogen and oxygen atoms in total. The molecule has 0 spiro atoms. The third-order valence-electron chi connectivity index (χ3n) is 7.65. The van der Waals surface area contributed by atoms with Gasteiger partial charge in [0.1, 0.15) is 11.5 Å². The Labute approximate surface area is 336 Å². The van der Waals surface area contributed by atoms with Crippen molar-refractivity contribution in [2.75, 3.05) is 31.9 Å². The Hall–Kier alpha value is -3.66. The predicted octanol–water partition coefficient (Wildman–Crippen LogP) is 4.43. The van der Waals surface area contributed by atoms with Crippen LogP contribution in [0.5, 0.6) is 0 Å². The van der Waals surface area contributed by atoms with Gasteiger partial charge in [0, 0.05) is 40.7 Å². The molecule has 1 aliphatic heterocycles. The number of carboxylic acids is 1. The summed E-state index contributed by atoms with van der Waals surface area (Å²) in [5.74, 6) is -1.73. The molecule has 4 N–H and O–H groups in total. The fourth-order valence-corrected chi connectivity index (χ4v) is 8.46. The zero-order valence-electron chi connectivity index (χ0n) is 29.5. The molecular weight excluding hydrogens is 863 g/mol. The van der Waals surface area contributed by atoms with E-state index in [4.69, 9.17) is 42.6 Å². The van der Waals surface area contributed by atoms with E-state index in [9.17, 15) is 36.6 Å². The lowest BCUT2D eigenvalue weighted by atomic mass is 10.0. The van der Waals surface area contributed by atoms with Crippen LogP contribution in [0, 0.1) is 5.82 Å². The highest BCUT2D eigenvalue weighted by Crippen LogP contribution is 2.42. The van der Waals surface area contributed by atoms with Gasteiger partial charge in [-0.05, 0) is 67.4 Å². The molecule has 2 aromatic carbocycles. The van der Waals surface area contributed by atoms with Crippen LogP contribution >= 0.6 is 53.9 Å². The van der Waals surface area contributed by atoms with Crippen LogP contribution in [0.15, 0.2) is 60.6 Å². The van der Waals surface area contributed by atoms with E-state index in [0.29, 0.717) is 34.1 Å². The number of esters is 1. The Bertz CT molecular complexity index is 2390. The van der Waals surface area contributed by atoms with Gasteiger partial charge in [-0.1, -0.05) is 28.4 Å². The molecule has 0 atom stereocenters. The van der Waals surface area contributed by atoms with Crippen LogP contribution in [-0.2, 0) is 41.8 Å². The number of thioether (sulfide) groups is 1. The van der Waals surface area contributed by atoms with Crippen molar-refractivity contribution >= 4 is 87.1 Å². The van der Waals surface area contributed by atoms with Crippen LogP contribution in [0.3, 0.4) is 0 Å². The third-order valence-corrected chi connectivity index (χ3v) is 12.0. The lowest BCUT2D eigenvalue weighted by molar-refractivity contribution is -0.137. The zero-order valence-corrected chi connectivity index (χ0v) is 34.4. The number of nitrogens with zero attached hydrogens (tertiary/aromatic N) is 4. The van der Waals surface area contributed by atoms with E-state index in [2.05, 4.69) is 20.2 Å². The smallest absolute Gasteiger partial charge is 0.339 e. The Morgan fingerprint density at radius 2 is 1.82 bits per heavy atom. The maximum atomic E-state index is 14.3. The number of fused-ring (bicyclic) bond motifs is 1. The number of hydrogen-bond donors (Lipinski definition) is 4. The van der Waals surface area contributed by atoms with Gasteiger partial charge in [-0.3, -0.25) is 33.7 Å². The van der Waals surface area contributed by atoms with Crippen LogP contribution < -0.4 is 15.0 Å². The number of carboxylic acid groups (broad SMARTS) is 1. The fourth-order valence-electron chi connectivity index (χ4n) is 4.93. The summed E-state index contributed by atoms with van der Waals surface area (Å²) in [5, 5.41) is 14.2. The molecule has 304 valence electrons. The summed E-state index contributed by atoms with van der Waals surface area (Å²) in [6.45, 7) is 0.885. The van der Waals surface area contributed by atoms with Crippen molar-refractivity contribution < 1.29 is 55.9 Å². The van der Waals surface area contributed by atoms with Crippen LogP contribution in [0.2, 0.25) is 10.0 Å². The molecule has 56 heavy (non-hydrogen) atoms. The maximum Gasteiger partial charge on any atom is 0.339 e. The SMILES string of the molecule is COC(=O)CSc1cc(N=c2sc(=O)n3n2CCCC3)c(F)cc1Cl.CS(=O)(=O)c1cc(Cl)ccc1C(=O)c1cnoc1C1CC1.O=C(O)CNCP(=O)(O)O. The molecule has 1 aliphatic carbocycles. The second kappa shape index (κ2) is 19.7. The molecule has 24 heteroatoms. The molecule has 0 radical (unpaired) electrons. The highest BCUT2D eigenvalue weighted by atomic mass is 35.5. The maximum absolute atomic E-state index is 14.3. The lowest BCUT2D eigenvalue weighted by Crippen LogP contribution is -2.31. The minimum Gasteiger partial charge on any atom is -0.480 e. The topological polar surface area (TPSA) is 250 Å². The molecule has 0 unspecified atom stereocenters. The van der Waals surface area contributed by atoms with Crippen molar-refractivity contribution in [3.63, 3.8) is 0 Å². The fraction of sp³-hybridized carbons (Fsp3) is 0.375. The van der Waals surface area contributed by atoms with E-state index in [0.717, 1.165) is 61.1 Å². The summed E-state index contributed by atoms with van der Waals surface area (Å²) < 4.78 is 61.2. The van der Waals surface area contributed by atoms with Crippen molar-refractivity contribution in [1.82, 2.24) is 19.8 Å². The minimum atomic E-state index is -4.10. The number of carbonyl (C=O) groups is 3. The number of aromatic nitrogens is 3. The van der Waals surface area contributed by atoms with Gasteiger partial charge in [0.2, 0.25) is 4.80 Å². The molecule has 0 bridgehead atoms. The van der Waals surface area contributed by atoms with Gasteiger partial charge in [-0.25, -0.2) is 22.5 Å². The van der Waals surface area contributed by atoms with Gasteiger partial charge in [-0.2, -0.15) is 0 Å². The highest BCUT2D eigenvalue weighted by molar-refractivity contribution is 8.00. The number of sulfone groups is 1. The molecular formula is C32H35Cl2FN5O12PS3. The normalized spacial score (nSPS) is 14.2. The predicted molar refractivity (Wildman–Crippen MR) is 204 cm³/mol. The molecule has 6 rings (SSSR count). The second-order valence-corrected chi connectivity index (χ2v) is 18.5. The summed E-state index contributed by atoms with van der Waals surface area (Å²) in [7, 11) is -6.37. The summed E-state index contributed by atoms with van der Waals surface area (Å²) in [6, 6.07) is 6.85. The second-order valence-electron chi connectivity index (χ2n) is 12.1. The van der Waals surface area contributed by atoms with E-state index in [1.165, 1.54) is 37.6 Å². The Balaban J connectivity index is 0.000000203. The number of benzene rings is 2. The van der Waals surface area contributed by atoms with E-state index in [1.54, 1.807) is 9.36 Å². The number of rotatable bonds is 12. The van der Waals surface area contributed by atoms with Gasteiger partial charge >= 0.3 is 24.4 Å². The number of ether oxygens (including phenoxy) is 1. The molecule has 4 aromatic rings. The van der Waals surface area contributed by atoms with Crippen LogP contribution in [0.1, 0.15) is 53.3 Å². The molecule has 2 aliphatic rings. The first-order valence-electron chi connectivity index (χ1n) is 16.3. The Morgan fingerprint density at radius 1 is 1.14 bits per heavy atom. The molecule has 3 heterocycles. The summed E-state index contributed by atoms with van der Waals surface area (Å²) in [6.07, 6.45) is 5.59. The first-order chi connectivity index (χ1) is 26.3. The number of ketones is 1. The van der Waals surface area contributed by atoms with Crippen molar-refractivity contribution in [3.05, 3.63) is 83.7 Å². The number of carbonyl (C=O) groups excluding carboxylic acids is 2. The van der Waals surface area contributed by atoms with E-state index < -0.39 is 53.8 Å². The molecule has 2 aromatic heterocycles. The zero-order chi connectivity index (χ0) is 41.4. The van der Waals surface area contributed by atoms with Crippen molar-refractivity contribution in [1.29, 1.82) is 0 Å². The highest BCUT2D eigenvalue weighted by Gasteiger charge is 2.34. The molecule has 0 saturated heterocycles. The quantitative estimate of drug-likeness (QED) is 0.0665. The van der Waals surface area contributed by atoms with Crippen LogP contribution in [-0.4, -0.2) is 87.5 Å². The Kier molecular flexibility index (Phi) is 15.8. The van der Waals surface area contributed by atoms with Crippen molar-refractivity contribution in [2.45, 2.75) is 54.5 Å². The standard InChI is InChI=1S/C15H15ClFN3O3S2.C14H12ClNO4S.C3H8NO5P/c1-23-13(21)8-24-12-7-11(10(17)6-9(12)16)18-14-19-4-2-3-5-20(19)15(22)25-14;1-21(18,19)12-6-9(15)4-5-10(12)13(17)11-7-16-20-14(11)8-2-3-8;5-3(6)1-4-2-10(7,8)9/h6-7H,2-5,8H2,1H3;4-8H,2-3H2,1H3;4H,1-2H2,(H,5,6)(H2,7,8,9). The number of halogens is 3.